The quantitative estimate of drug-likeness (QED) is 0.535. The SMILES string of the molecule is CCNC(=NCc1nnc(C)n1C)NCCC(=O)N(CC)CC. The third-order valence-corrected chi connectivity index (χ3v) is 3.65. The summed E-state index contributed by atoms with van der Waals surface area (Å²) in [5.74, 6) is 2.50. The number of nitrogens with one attached hydrogen (secondary N) is 2. The standard InChI is InChI=1S/C15H29N7O/c1-6-16-15(17-10-9-14(23)22(7-2)8-3)18-11-13-20-19-12(4)21(13)5/h6-11H2,1-5H3,(H2,16,17,18). The number of carbonyl (C=O) groups is 1. The smallest absolute Gasteiger partial charge is 0.224 e. The molecule has 0 saturated heterocycles. The Morgan fingerprint density at radius 2 is 1.91 bits per heavy atom. The van der Waals surface area contributed by atoms with E-state index in [1.54, 1.807) is 0 Å². The van der Waals surface area contributed by atoms with Crippen LogP contribution in [0.3, 0.4) is 0 Å². The molecule has 0 saturated carbocycles. The number of hydrogen-bond acceptors (Lipinski definition) is 4. The first-order chi connectivity index (χ1) is 11.0. The van der Waals surface area contributed by atoms with Gasteiger partial charge in [0.15, 0.2) is 11.8 Å². The number of rotatable bonds is 8. The lowest BCUT2D eigenvalue weighted by molar-refractivity contribution is -0.130. The lowest BCUT2D eigenvalue weighted by Gasteiger charge is -2.19. The molecule has 0 aliphatic heterocycles. The van der Waals surface area contributed by atoms with Gasteiger partial charge in [-0.3, -0.25) is 4.79 Å². The first-order valence-electron chi connectivity index (χ1n) is 8.18. The van der Waals surface area contributed by atoms with Crippen molar-refractivity contribution in [3.8, 4) is 0 Å². The molecule has 0 aliphatic rings. The fourth-order valence-electron chi connectivity index (χ4n) is 2.10. The number of carbonyl (C=O) groups excluding carboxylic acids is 1. The van der Waals surface area contributed by atoms with Gasteiger partial charge in [0.2, 0.25) is 5.91 Å². The zero-order valence-electron chi connectivity index (χ0n) is 14.9. The summed E-state index contributed by atoms with van der Waals surface area (Å²) in [4.78, 5) is 18.3. The highest BCUT2D eigenvalue weighted by Crippen LogP contribution is 1.99. The van der Waals surface area contributed by atoms with Crippen LogP contribution < -0.4 is 10.6 Å². The molecular formula is C15H29N7O. The van der Waals surface area contributed by atoms with E-state index in [1.807, 2.05) is 44.2 Å². The van der Waals surface area contributed by atoms with E-state index in [-0.39, 0.29) is 5.91 Å². The van der Waals surface area contributed by atoms with E-state index in [0.717, 1.165) is 31.3 Å². The van der Waals surface area contributed by atoms with Crippen molar-refractivity contribution < 1.29 is 4.79 Å². The number of hydrogen-bond donors (Lipinski definition) is 2. The number of aliphatic imine (C=N–C) groups is 1. The fraction of sp³-hybridized carbons (Fsp3) is 0.733. The maximum absolute atomic E-state index is 12.0. The molecule has 0 spiro atoms. The lowest BCUT2D eigenvalue weighted by Crippen LogP contribution is -2.40. The summed E-state index contributed by atoms with van der Waals surface area (Å²) in [6.45, 7) is 11.1. The van der Waals surface area contributed by atoms with Crippen LogP contribution in [0, 0.1) is 6.92 Å². The zero-order chi connectivity index (χ0) is 17.2. The van der Waals surface area contributed by atoms with Crippen molar-refractivity contribution in [1.82, 2.24) is 30.3 Å². The maximum atomic E-state index is 12.0. The van der Waals surface area contributed by atoms with Crippen molar-refractivity contribution in [2.75, 3.05) is 26.2 Å². The summed E-state index contributed by atoms with van der Waals surface area (Å²) in [7, 11) is 1.92. The van der Waals surface area contributed by atoms with Gasteiger partial charge >= 0.3 is 0 Å². The average molecular weight is 323 g/mol. The van der Waals surface area contributed by atoms with Crippen molar-refractivity contribution in [3.63, 3.8) is 0 Å². The molecule has 0 atom stereocenters. The van der Waals surface area contributed by atoms with Crippen molar-refractivity contribution in [2.24, 2.45) is 12.0 Å². The summed E-state index contributed by atoms with van der Waals surface area (Å²) in [5, 5.41) is 14.5. The third kappa shape index (κ3) is 5.88. The van der Waals surface area contributed by atoms with E-state index >= 15 is 0 Å². The molecule has 1 aromatic heterocycles. The second-order valence-electron chi connectivity index (χ2n) is 5.16. The highest BCUT2D eigenvalue weighted by Gasteiger charge is 2.09. The van der Waals surface area contributed by atoms with Gasteiger partial charge in [0.05, 0.1) is 0 Å². The van der Waals surface area contributed by atoms with Crippen LogP contribution in [-0.4, -0.2) is 57.7 Å². The van der Waals surface area contributed by atoms with Gasteiger partial charge in [-0.2, -0.15) is 0 Å². The van der Waals surface area contributed by atoms with E-state index in [4.69, 9.17) is 0 Å². The topological polar surface area (TPSA) is 87.4 Å². The van der Waals surface area contributed by atoms with E-state index in [9.17, 15) is 4.79 Å². The van der Waals surface area contributed by atoms with Crippen LogP contribution in [0.2, 0.25) is 0 Å². The molecule has 8 nitrogen and oxygen atoms in total. The third-order valence-electron chi connectivity index (χ3n) is 3.65. The van der Waals surface area contributed by atoms with E-state index in [2.05, 4.69) is 25.8 Å². The van der Waals surface area contributed by atoms with Crippen LogP contribution in [0.4, 0.5) is 0 Å². The van der Waals surface area contributed by atoms with Gasteiger partial charge in [0.25, 0.3) is 0 Å². The summed E-state index contributed by atoms with van der Waals surface area (Å²) < 4.78 is 1.91. The summed E-state index contributed by atoms with van der Waals surface area (Å²) >= 11 is 0. The minimum atomic E-state index is 0.155. The Labute approximate surface area is 138 Å². The normalized spacial score (nSPS) is 11.4. The number of nitrogens with zero attached hydrogens (tertiary/aromatic N) is 5. The molecule has 1 amide bonds. The Morgan fingerprint density at radius 3 is 2.43 bits per heavy atom. The molecule has 1 aromatic rings. The molecule has 8 heteroatoms. The van der Waals surface area contributed by atoms with Gasteiger partial charge in [0.1, 0.15) is 12.4 Å². The van der Waals surface area contributed by atoms with Gasteiger partial charge in [-0.15, -0.1) is 10.2 Å². The molecular weight excluding hydrogens is 294 g/mol. The zero-order valence-corrected chi connectivity index (χ0v) is 14.9. The Bertz CT molecular complexity index is 520. The second-order valence-corrected chi connectivity index (χ2v) is 5.16. The van der Waals surface area contributed by atoms with Crippen LogP contribution in [-0.2, 0) is 18.4 Å². The minimum Gasteiger partial charge on any atom is -0.357 e. The van der Waals surface area contributed by atoms with Gasteiger partial charge < -0.3 is 20.1 Å². The number of amides is 1. The van der Waals surface area contributed by atoms with Gasteiger partial charge in [0, 0.05) is 39.6 Å². The first kappa shape index (κ1) is 18.9. The van der Waals surface area contributed by atoms with E-state index in [1.165, 1.54) is 0 Å². The highest BCUT2D eigenvalue weighted by atomic mass is 16.2. The van der Waals surface area contributed by atoms with Gasteiger partial charge in [-0.25, -0.2) is 4.99 Å². The molecule has 130 valence electrons. The molecule has 0 aromatic carbocycles. The van der Waals surface area contributed by atoms with Crippen LogP contribution in [0.25, 0.3) is 0 Å². The Kier molecular flexibility index (Phi) is 8.07. The van der Waals surface area contributed by atoms with Crippen molar-refractivity contribution >= 4 is 11.9 Å². The second kappa shape index (κ2) is 9.81. The maximum Gasteiger partial charge on any atom is 0.224 e. The predicted molar refractivity (Wildman–Crippen MR) is 91.1 cm³/mol. The molecule has 23 heavy (non-hydrogen) atoms. The van der Waals surface area contributed by atoms with Crippen molar-refractivity contribution in [3.05, 3.63) is 11.6 Å². The number of aromatic nitrogens is 3. The minimum absolute atomic E-state index is 0.155. The molecule has 0 bridgehead atoms. The van der Waals surface area contributed by atoms with Crippen LogP contribution in [0.1, 0.15) is 38.8 Å². The van der Waals surface area contributed by atoms with E-state index in [0.29, 0.717) is 25.5 Å². The summed E-state index contributed by atoms with van der Waals surface area (Å²) in [6.07, 6.45) is 0.454. The molecule has 2 N–H and O–H groups in total. The summed E-state index contributed by atoms with van der Waals surface area (Å²) in [5.41, 5.74) is 0. The Hall–Kier alpha value is -2.12. The Balaban J connectivity index is 2.53. The molecule has 0 unspecified atom stereocenters. The number of aryl methyl sites for hydroxylation is 1. The molecule has 0 radical (unpaired) electrons. The number of guanidine groups is 1. The average Bonchev–Trinajstić information content (AvgIpc) is 2.85. The molecule has 0 aliphatic carbocycles. The van der Waals surface area contributed by atoms with Crippen molar-refractivity contribution in [2.45, 2.75) is 40.7 Å². The largest absolute Gasteiger partial charge is 0.357 e. The monoisotopic (exact) mass is 323 g/mol. The van der Waals surface area contributed by atoms with E-state index < -0.39 is 0 Å². The first-order valence-corrected chi connectivity index (χ1v) is 8.18. The summed E-state index contributed by atoms with van der Waals surface area (Å²) in [6, 6.07) is 0. The van der Waals surface area contributed by atoms with Crippen molar-refractivity contribution in [1.29, 1.82) is 0 Å². The van der Waals surface area contributed by atoms with Crippen LogP contribution in [0.15, 0.2) is 4.99 Å². The molecule has 1 rings (SSSR count). The van der Waals surface area contributed by atoms with Gasteiger partial charge in [-0.05, 0) is 27.7 Å². The highest BCUT2D eigenvalue weighted by molar-refractivity contribution is 5.81. The molecule has 1 heterocycles. The van der Waals surface area contributed by atoms with Crippen LogP contribution in [0.5, 0.6) is 0 Å². The Morgan fingerprint density at radius 1 is 1.22 bits per heavy atom. The van der Waals surface area contributed by atoms with Gasteiger partial charge in [-0.1, -0.05) is 0 Å². The predicted octanol–water partition coefficient (Wildman–Crippen LogP) is 0.437. The molecule has 0 fully saturated rings. The fourth-order valence-corrected chi connectivity index (χ4v) is 2.10. The lowest BCUT2D eigenvalue weighted by atomic mass is 10.3. The van der Waals surface area contributed by atoms with Crippen LogP contribution >= 0.6 is 0 Å².